The molecule has 2 fully saturated rings. The van der Waals surface area contributed by atoms with Crippen molar-refractivity contribution >= 4 is 23.2 Å². The van der Waals surface area contributed by atoms with Gasteiger partial charge in [0.1, 0.15) is 5.54 Å². The Kier molecular flexibility index (Phi) is 5.28. The van der Waals surface area contributed by atoms with Gasteiger partial charge in [-0.15, -0.1) is 0 Å². The first-order valence-electron chi connectivity index (χ1n) is 11.2. The number of benzene rings is 2. The Morgan fingerprint density at radius 1 is 1.06 bits per heavy atom. The van der Waals surface area contributed by atoms with Crippen LogP contribution >= 0.6 is 0 Å². The number of rotatable bonds is 3. The lowest BCUT2D eigenvalue weighted by Gasteiger charge is -2.45. The molecule has 2 heterocycles. The molecule has 6 heteroatoms. The van der Waals surface area contributed by atoms with Crippen molar-refractivity contribution in [2.75, 3.05) is 29.9 Å². The smallest absolute Gasteiger partial charge is 0.250 e. The Labute approximate surface area is 183 Å². The highest BCUT2D eigenvalue weighted by molar-refractivity contribution is 6.15. The van der Waals surface area contributed by atoms with Crippen LogP contribution in [0.5, 0.6) is 0 Å². The van der Waals surface area contributed by atoms with Gasteiger partial charge in [0.2, 0.25) is 5.91 Å². The molecule has 162 valence electrons. The van der Waals surface area contributed by atoms with Crippen LogP contribution in [0.3, 0.4) is 0 Å². The normalized spacial score (nSPS) is 25.3. The maximum absolute atomic E-state index is 13.7. The van der Waals surface area contributed by atoms with Crippen LogP contribution in [0, 0.1) is 0 Å². The zero-order chi connectivity index (χ0) is 21.4. The third-order valence-electron chi connectivity index (χ3n) is 6.79. The van der Waals surface area contributed by atoms with Crippen molar-refractivity contribution in [2.45, 2.75) is 50.4 Å². The van der Waals surface area contributed by atoms with Gasteiger partial charge in [-0.2, -0.15) is 0 Å². The van der Waals surface area contributed by atoms with E-state index in [-0.39, 0.29) is 30.6 Å². The summed E-state index contributed by atoms with van der Waals surface area (Å²) < 4.78 is 6.17. The van der Waals surface area contributed by atoms with Crippen LogP contribution < -0.4 is 10.2 Å². The number of carbonyl (C=O) groups excluding carboxylic acids is 2. The van der Waals surface area contributed by atoms with Crippen LogP contribution in [0.25, 0.3) is 0 Å². The number of para-hydroxylation sites is 2. The first-order chi connectivity index (χ1) is 15.1. The van der Waals surface area contributed by atoms with Gasteiger partial charge in [0.15, 0.2) is 0 Å². The summed E-state index contributed by atoms with van der Waals surface area (Å²) in [5.74, 6) is -0.0559. The lowest BCUT2D eigenvalue weighted by atomic mass is 9.89. The van der Waals surface area contributed by atoms with E-state index in [0.29, 0.717) is 25.9 Å². The summed E-state index contributed by atoms with van der Waals surface area (Å²) in [4.78, 5) is 30.9. The van der Waals surface area contributed by atoms with Gasteiger partial charge in [-0.05, 0) is 37.5 Å². The van der Waals surface area contributed by atoms with E-state index in [4.69, 9.17) is 4.74 Å². The van der Waals surface area contributed by atoms with Crippen molar-refractivity contribution in [3.05, 3.63) is 60.2 Å². The molecule has 1 saturated carbocycles. The Morgan fingerprint density at radius 2 is 1.77 bits per heavy atom. The summed E-state index contributed by atoms with van der Waals surface area (Å²) in [5, 5.41) is 3.05. The number of ether oxygens (including phenoxy) is 1. The average Bonchev–Trinajstić information content (AvgIpc) is 3.25. The van der Waals surface area contributed by atoms with Crippen molar-refractivity contribution in [3.8, 4) is 0 Å². The Hall–Kier alpha value is -2.70. The van der Waals surface area contributed by atoms with E-state index in [1.165, 1.54) is 0 Å². The number of carbonyl (C=O) groups is 2. The fourth-order valence-electron chi connectivity index (χ4n) is 5.41. The first-order valence-corrected chi connectivity index (χ1v) is 11.2. The van der Waals surface area contributed by atoms with Crippen molar-refractivity contribution in [1.82, 2.24) is 4.90 Å². The van der Waals surface area contributed by atoms with Crippen molar-refractivity contribution < 1.29 is 14.3 Å². The van der Waals surface area contributed by atoms with Crippen LogP contribution in [-0.2, 0) is 14.3 Å². The van der Waals surface area contributed by atoms with Gasteiger partial charge in [-0.3, -0.25) is 19.4 Å². The predicted molar refractivity (Wildman–Crippen MR) is 120 cm³/mol. The molecule has 0 radical (unpaired) electrons. The van der Waals surface area contributed by atoms with Crippen LogP contribution in [-0.4, -0.2) is 48.0 Å². The quantitative estimate of drug-likeness (QED) is 0.823. The van der Waals surface area contributed by atoms with E-state index in [0.717, 1.165) is 29.8 Å². The molecule has 3 aliphatic rings. The molecule has 1 saturated heterocycles. The summed E-state index contributed by atoms with van der Waals surface area (Å²) in [6.45, 7) is 3.69. The van der Waals surface area contributed by atoms with E-state index >= 15 is 0 Å². The average molecular weight is 420 g/mol. The number of morpholine rings is 1. The molecule has 2 aromatic carbocycles. The zero-order valence-electron chi connectivity index (χ0n) is 17.9. The standard InChI is InChI=1S/C25H29N3O3/c1-18-15-27(16-22(31-18)19-9-3-2-4-10-19)17-23(29)28-21-12-6-5-11-20(21)26-24(30)25(28)13-7-8-14-25/h2-6,9-12,18,22H,7-8,13-17H2,1H3,(H,26,30). The molecule has 0 bridgehead atoms. The molecule has 1 spiro atoms. The van der Waals surface area contributed by atoms with Crippen molar-refractivity contribution in [3.63, 3.8) is 0 Å². The molecule has 1 aliphatic carbocycles. The van der Waals surface area contributed by atoms with Crippen LogP contribution in [0.15, 0.2) is 54.6 Å². The topological polar surface area (TPSA) is 61.9 Å². The number of nitrogens with zero attached hydrogens (tertiary/aromatic N) is 2. The van der Waals surface area contributed by atoms with E-state index in [1.54, 1.807) is 0 Å². The number of hydrogen-bond donors (Lipinski definition) is 1. The molecule has 2 unspecified atom stereocenters. The minimum absolute atomic E-state index is 0.00916. The lowest BCUT2D eigenvalue weighted by Crippen LogP contribution is -2.62. The van der Waals surface area contributed by atoms with Crippen molar-refractivity contribution in [1.29, 1.82) is 0 Å². The third kappa shape index (κ3) is 3.64. The van der Waals surface area contributed by atoms with Gasteiger partial charge >= 0.3 is 0 Å². The minimum atomic E-state index is -0.762. The van der Waals surface area contributed by atoms with E-state index in [1.807, 2.05) is 47.4 Å². The van der Waals surface area contributed by atoms with Gasteiger partial charge < -0.3 is 10.1 Å². The van der Waals surface area contributed by atoms with Crippen LogP contribution in [0.2, 0.25) is 0 Å². The third-order valence-corrected chi connectivity index (χ3v) is 6.79. The molecule has 5 rings (SSSR count). The first kappa shape index (κ1) is 20.2. The zero-order valence-corrected chi connectivity index (χ0v) is 17.9. The van der Waals surface area contributed by atoms with E-state index in [2.05, 4.69) is 29.3 Å². The Balaban J connectivity index is 1.41. The highest BCUT2D eigenvalue weighted by Gasteiger charge is 2.52. The van der Waals surface area contributed by atoms with Gasteiger partial charge in [-0.1, -0.05) is 55.3 Å². The second kappa shape index (κ2) is 8.09. The molecule has 6 nitrogen and oxygen atoms in total. The molecular formula is C25H29N3O3. The number of amides is 2. The SMILES string of the molecule is CC1CN(CC(=O)N2c3ccccc3NC(=O)C23CCCC3)CC(c2ccccc2)O1. The highest BCUT2D eigenvalue weighted by atomic mass is 16.5. The lowest BCUT2D eigenvalue weighted by molar-refractivity contribution is -0.130. The molecule has 1 N–H and O–H groups in total. The number of nitrogens with one attached hydrogen (secondary N) is 1. The predicted octanol–water partition coefficient (Wildman–Crippen LogP) is 3.75. The summed E-state index contributed by atoms with van der Waals surface area (Å²) in [7, 11) is 0. The van der Waals surface area contributed by atoms with Gasteiger partial charge in [0.25, 0.3) is 5.91 Å². The fourth-order valence-corrected chi connectivity index (χ4v) is 5.41. The van der Waals surface area contributed by atoms with Crippen LogP contribution in [0.1, 0.15) is 44.3 Å². The van der Waals surface area contributed by atoms with Crippen LogP contribution in [0.4, 0.5) is 11.4 Å². The summed E-state index contributed by atoms with van der Waals surface area (Å²) in [6.07, 6.45) is 3.32. The monoisotopic (exact) mass is 419 g/mol. The Bertz CT molecular complexity index is 971. The minimum Gasteiger partial charge on any atom is -0.368 e. The highest BCUT2D eigenvalue weighted by Crippen LogP contribution is 2.45. The molecule has 2 aliphatic heterocycles. The summed E-state index contributed by atoms with van der Waals surface area (Å²) in [5.41, 5.74) is 1.90. The molecule has 31 heavy (non-hydrogen) atoms. The largest absolute Gasteiger partial charge is 0.368 e. The summed E-state index contributed by atoms with van der Waals surface area (Å²) >= 11 is 0. The summed E-state index contributed by atoms with van der Waals surface area (Å²) in [6, 6.07) is 17.8. The maximum Gasteiger partial charge on any atom is 0.250 e. The molecule has 2 atom stereocenters. The van der Waals surface area contributed by atoms with E-state index in [9.17, 15) is 9.59 Å². The van der Waals surface area contributed by atoms with Gasteiger partial charge in [0.05, 0.1) is 30.1 Å². The van der Waals surface area contributed by atoms with E-state index < -0.39 is 5.54 Å². The molecule has 2 amide bonds. The van der Waals surface area contributed by atoms with Crippen molar-refractivity contribution in [2.24, 2.45) is 0 Å². The molecular weight excluding hydrogens is 390 g/mol. The Morgan fingerprint density at radius 3 is 2.55 bits per heavy atom. The second-order valence-electron chi connectivity index (χ2n) is 8.98. The maximum atomic E-state index is 13.7. The van der Waals surface area contributed by atoms with Gasteiger partial charge in [0, 0.05) is 13.1 Å². The fraction of sp³-hybridized carbons (Fsp3) is 0.440. The number of anilines is 2. The number of fused-ring (bicyclic) bond motifs is 1. The molecule has 0 aromatic heterocycles. The van der Waals surface area contributed by atoms with Gasteiger partial charge in [-0.25, -0.2) is 0 Å². The number of hydrogen-bond acceptors (Lipinski definition) is 4. The second-order valence-corrected chi connectivity index (χ2v) is 8.98. The molecule has 2 aromatic rings.